The van der Waals surface area contributed by atoms with Crippen LogP contribution in [0.4, 0.5) is 5.69 Å². The Balaban J connectivity index is 1.72. The summed E-state index contributed by atoms with van der Waals surface area (Å²) < 4.78 is 37.0. The molecule has 2 aromatic rings. The maximum atomic E-state index is 13.4. The molecule has 0 radical (unpaired) electrons. The number of anilines is 1. The highest BCUT2D eigenvalue weighted by molar-refractivity contribution is 7.92. The Labute approximate surface area is 219 Å². The van der Waals surface area contributed by atoms with E-state index in [0.717, 1.165) is 23.8 Å². The fourth-order valence-electron chi connectivity index (χ4n) is 3.98. The summed E-state index contributed by atoms with van der Waals surface area (Å²) in [5.41, 5.74) is 2.46. The van der Waals surface area contributed by atoms with Crippen LogP contribution in [0.5, 0.6) is 11.5 Å². The highest BCUT2D eigenvalue weighted by Gasteiger charge is 2.27. The van der Waals surface area contributed by atoms with Crippen molar-refractivity contribution in [2.45, 2.75) is 65.6 Å². The van der Waals surface area contributed by atoms with Gasteiger partial charge in [-0.05, 0) is 51.3 Å². The molecule has 0 spiro atoms. The number of carbonyl (C=O) groups is 2. The monoisotopic (exact) mass is 531 g/mol. The number of hydrogen-bond acceptors (Lipinski definition) is 6. The smallest absolute Gasteiger partial charge is 0.242 e. The number of amides is 2. The summed E-state index contributed by atoms with van der Waals surface area (Å²) >= 11 is 0. The Morgan fingerprint density at radius 2 is 1.73 bits per heavy atom. The third kappa shape index (κ3) is 7.61. The standard InChI is InChI=1S/C27H37N3O6S/c1-6-20(3)28-27(32)21(4)29(17-22-11-9-19(2)10-12-22)26(31)8-7-15-30(37(5,33)34)23-13-14-24-25(16-23)36-18-35-24/h9-14,16,20-21H,6-8,15,17-18H2,1-5H3,(H,28,32)/t20-,21+/m0/s1. The molecule has 10 heteroatoms. The molecule has 2 atom stereocenters. The molecular formula is C27H37N3O6S. The summed E-state index contributed by atoms with van der Waals surface area (Å²) in [6.45, 7) is 8.10. The zero-order valence-corrected chi connectivity index (χ0v) is 23.0. The molecule has 1 aliphatic rings. The second-order valence-corrected chi connectivity index (χ2v) is 11.4. The van der Waals surface area contributed by atoms with E-state index in [2.05, 4.69) is 5.32 Å². The summed E-state index contributed by atoms with van der Waals surface area (Å²) in [5, 5.41) is 2.95. The van der Waals surface area contributed by atoms with Gasteiger partial charge in [0, 0.05) is 31.6 Å². The van der Waals surface area contributed by atoms with Gasteiger partial charge in [0.1, 0.15) is 6.04 Å². The van der Waals surface area contributed by atoms with Crippen LogP contribution in [0, 0.1) is 6.92 Å². The number of nitrogens with one attached hydrogen (secondary N) is 1. The molecule has 0 fully saturated rings. The summed E-state index contributed by atoms with van der Waals surface area (Å²) in [7, 11) is -3.60. The maximum Gasteiger partial charge on any atom is 0.242 e. The molecule has 2 amide bonds. The number of ether oxygens (including phenoxy) is 2. The van der Waals surface area contributed by atoms with Crippen molar-refractivity contribution in [2.75, 3.05) is 23.9 Å². The molecule has 0 saturated heterocycles. The van der Waals surface area contributed by atoms with Crippen LogP contribution in [-0.2, 0) is 26.2 Å². The van der Waals surface area contributed by atoms with E-state index in [1.807, 2.05) is 45.0 Å². The van der Waals surface area contributed by atoms with E-state index in [9.17, 15) is 18.0 Å². The Morgan fingerprint density at radius 1 is 1.05 bits per heavy atom. The van der Waals surface area contributed by atoms with Gasteiger partial charge in [-0.25, -0.2) is 8.42 Å². The van der Waals surface area contributed by atoms with Crippen molar-refractivity contribution in [1.29, 1.82) is 0 Å². The van der Waals surface area contributed by atoms with E-state index in [0.29, 0.717) is 17.2 Å². The summed E-state index contributed by atoms with van der Waals surface area (Å²) in [6.07, 6.45) is 2.28. The summed E-state index contributed by atoms with van der Waals surface area (Å²) in [6, 6.07) is 12.1. The largest absolute Gasteiger partial charge is 0.454 e. The van der Waals surface area contributed by atoms with Gasteiger partial charge in [-0.15, -0.1) is 0 Å². The third-order valence-electron chi connectivity index (χ3n) is 6.44. The predicted octanol–water partition coefficient (Wildman–Crippen LogP) is 3.60. The van der Waals surface area contributed by atoms with Crippen LogP contribution in [0.15, 0.2) is 42.5 Å². The molecule has 2 aromatic carbocycles. The Kier molecular flexibility index (Phi) is 9.42. The molecule has 202 valence electrons. The highest BCUT2D eigenvalue weighted by atomic mass is 32.2. The first kappa shape index (κ1) is 28.3. The van der Waals surface area contributed by atoms with E-state index in [1.54, 1.807) is 30.0 Å². The van der Waals surface area contributed by atoms with Gasteiger partial charge in [-0.1, -0.05) is 36.8 Å². The van der Waals surface area contributed by atoms with Crippen LogP contribution in [0.2, 0.25) is 0 Å². The zero-order valence-electron chi connectivity index (χ0n) is 22.2. The number of benzene rings is 2. The van der Waals surface area contributed by atoms with Crippen molar-refractivity contribution in [1.82, 2.24) is 10.2 Å². The molecule has 0 bridgehead atoms. The van der Waals surface area contributed by atoms with Crippen molar-refractivity contribution < 1.29 is 27.5 Å². The number of nitrogens with zero attached hydrogens (tertiary/aromatic N) is 2. The lowest BCUT2D eigenvalue weighted by molar-refractivity contribution is -0.140. The molecule has 0 saturated carbocycles. The van der Waals surface area contributed by atoms with Gasteiger partial charge < -0.3 is 19.7 Å². The van der Waals surface area contributed by atoms with Gasteiger partial charge >= 0.3 is 0 Å². The van der Waals surface area contributed by atoms with Crippen molar-refractivity contribution in [3.05, 3.63) is 53.6 Å². The zero-order chi connectivity index (χ0) is 27.2. The molecule has 9 nitrogen and oxygen atoms in total. The van der Waals surface area contributed by atoms with Crippen molar-refractivity contribution >= 4 is 27.5 Å². The average Bonchev–Trinajstić information content (AvgIpc) is 3.32. The maximum absolute atomic E-state index is 13.4. The van der Waals surface area contributed by atoms with Gasteiger partial charge in [0.2, 0.25) is 28.6 Å². The first-order valence-corrected chi connectivity index (χ1v) is 14.4. The second-order valence-electron chi connectivity index (χ2n) is 9.48. The molecule has 0 unspecified atom stereocenters. The molecule has 1 aliphatic heterocycles. The van der Waals surface area contributed by atoms with Gasteiger partial charge in [-0.2, -0.15) is 0 Å². The molecule has 0 aromatic heterocycles. The van der Waals surface area contributed by atoms with Crippen LogP contribution in [0.25, 0.3) is 0 Å². The molecule has 1 heterocycles. The lowest BCUT2D eigenvalue weighted by Crippen LogP contribution is -2.49. The highest BCUT2D eigenvalue weighted by Crippen LogP contribution is 2.36. The Bertz CT molecular complexity index is 1200. The van der Waals surface area contributed by atoms with Gasteiger partial charge in [0.15, 0.2) is 11.5 Å². The minimum atomic E-state index is -3.60. The normalized spacial score (nSPS) is 14.1. The van der Waals surface area contributed by atoms with Crippen LogP contribution < -0.4 is 19.1 Å². The quantitative estimate of drug-likeness (QED) is 0.449. The van der Waals surface area contributed by atoms with E-state index >= 15 is 0 Å². The molecule has 3 rings (SSSR count). The molecule has 0 aliphatic carbocycles. The summed E-state index contributed by atoms with van der Waals surface area (Å²) in [4.78, 5) is 27.8. The van der Waals surface area contributed by atoms with Gasteiger partial charge in [0.25, 0.3) is 0 Å². The van der Waals surface area contributed by atoms with Gasteiger partial charge in [0.05, 0.1) is 11.9 Å². The Morgan fingerprint density at radius 3 is 2.38 bits per heavy atom. The topological polar surface area (TPSA) is 105 Å². The lowest BCUT2D eigenvalue weighted by atomic mass is 10.1. The SMILES string of the molecule is CC[C@H](C)NC(=O)[C@@H](C)N(Cc1ccc(C)cc1)C(=O)CCCN(c1ccc2c(c1)OCO2)S(C)(=O)=O. The fraction of sp³-hybridized carbons (Fsp3) is 0.481. The minimum absolute atomic E-state index is 0.00343. The van der Waals surface area contributed by atoms with E-state index in [1.165, 1.54) is 4.31 Å². The number of carbonyl (C=O) groups excluding carboxylic acids is 2. The van der Waals surface area contributed by atoms with Gasteiger partial charge in [-0.3, -0.25) is 13.9 Å². The number of hydrogen-bond donors (Lipinski definition) is 1. The number of fused-ring (bicyclic) bond motifs is 1. The minimum Gasteiger partial charge on any atom is -0.454 e. The van der Waals surface area contributed by atoms with E-state index in [4.69, 9.17) is 9.47 Å². The van der Waals surface area contributed by atoms with Crippen molar-refractivity contribution in [3.8, 4) is 11.5 Å². The molecule has 1 N–H and O–H groups in total. The molecular weight excluding hydrogens is 494 g/mol. The predicted molar refractivity (Wildman–Crippen MR) is 143 cm³/mol. The summed E-state index contributed by atoms with van der Waals surface area (Å²) in [5.74, 6) is 0.607. The number of aryl methyl sites for hydroxylation is 1. The lowest BCUT2D eigenvalue weighted by Gasteiger charge is -2.30. The number of rotatable bonds is 12. The first-order chi connectivity index (χ1) is 17.5. The fourth-order valence-corrected chi connectivity index (χ4v) is 4.94. The Hall–Kier alpha value is -3.27. The first-order valence-electron chi connectivity index (χ1n) is 12.5. The average molecular weight is 532 g/mol. The van der Waals surface area contributed by atoms with Crippen LogP contribution >= 0.6 is 0 Å². The molecule has 37 heavy (non-hydrogen) atoms. The van der Waals surface area contributed by atoms with Crippen molar-refractivity contribution in [2.24, 2.45) is 0 Å². The third-order valence-corrected chi connectivity index (χ3v) is 7.63. The van der Waals surface area contributed by atoms with Crippen LogP contribution in [0.1, 0.15) is 51.2 Å². The second kappa shape index (κ2) is 12.3. The van der Waals surface area contributed by atoms with Crippen LogP contribution in [0.3, 0.4) is 0 Å². The number of sulfonamides is 1. The van der Waals surface area contributed by atoms with Crippen molar-refractivity contribution in [3.63, 3.8) is 0 Å². The van der Waals surface area contributed by atoms with Crippen LogP contribution in [-0.4, -0.2) is 56.8 Å². The van der Waals surface area contributed by atoms with E-state index < -0.39 is 16.1 Å². The van der Waals surface area contributed by atoms with E-state index in [-0.39, 0.29) is 50.6 Å².